The monoisotopic (exact) mass is 455 g/mol. The molecule has 0 aromatic heterocycles. The summed E-state index contributed by atoms with van der Waals surface area (Å²) in [4.78, 5) is 43.2. The first kappa shape index (κ1) is 22.4. The van der Waals surface area contributed by atoms with Crippen LogP contribution in [0.2, 0.25) is 0 Å². The lowest BCUT2D eigenvalue weighted by Gasteiger charge is -2.50. The first-order chi connectivity index (χ1) is 15.4. The number of amides is 1. The predicted octanol–water partition coefficient (Wildman–Crippen LogP) is 0.914. The minimum Gasteiger partial charge on any atom is -0.510 e. The van der Waals surface area contributed by atoms with Gasteiger partial charge >= 0.3 is 5.69 Å². The Balaban J connectivity index is 2.00. The van der Waals surface area contributed by atoms with Gasteiger partial charge < -0.3 is 26.2 Å². The average molecular weight is 455 g/mol. The van der Waals surface area contributed by atoms with Gasteiger partial charge in [-0.2, -0.15) is 0 Å². The molecule has 1 amide bonds. The van der Waals surface area contributed by atoms with Gasteiger partial charge in [-0.3, -0.25) is 19.3 Å². The fourth-order valence-corrected chi connectivity index (χ4v) is 5.52. The van der Waals surface area contributed by atoms with Gasteiger partial charge in [0, 0.05) is 17.6 Å². The van der Waals surface area contributed by atoms with Crippen LogP contribution in [0.5, 0.6) is 5.75 Å². The van der Waals surface area contributed by atoms with Crippen LogP contribution in [0.3, 0.4) is 0 Å². The van der Waals surface area contributed by atoms with Crippen LogP contribution in [-0.4, -0.2) is 68.5 Å². The van der Waals surface area contributed by atoms with Gasteiger partial charge in [0.1, 0.15) is 22.8 Å². The molecule has 0 heterocycles. The molecule has 11 nitrogen and oxygen atoms in total. The number of likely N-dealkylation sites (N-methyl/N-ethyl adjacent to an activating group) is 1. The summed E-state index contributed by atoms with van der Waals surface area (Å²) in [6.45, 7) is 1.50. The van der Waals surface area contributed by atoms with E-state index < -0.39 is 58.0 Å². The number of aliphatic hydroxyl groups is 3. The molecule has 3 aliphatic rings. The molecule has 4 atom stereocenters. The third-order valence-corrected chi connectivity index (χ3v) is 7.00. The van der Waals surface area contributed by atoms with Crippen molar-refractivity contribution in [3.05, 3.63) is 50.4 Å². The van der Waals surface area contributed by atoms with Gasteiger partial charge in [0.15, 0.2) is 16.4 Å². The predicted molar refractivity (Wildman–Crippen MR) is 113 cm³/mol. The van der Waals surface area contributed by atoms with E-state index in [1.54, 1.807) is 14.1 Å². The summed E-state index contributed by atoms with van der Waals surface area (Å²) in [6.07, 6.45) is 0.0209. The number of carbonyl (C=O) groups excluding carboxylic acids is 3. The highest BCUT2D eigenvalue weighted by molar-refractivity contribution is 6.24. The Kier molecular flexibility index (Phi) is 4.85. The maximum Gasteiger partial charge on any atom is 0.389 e. The quantitative estimate of drug-likeness (QED) is 0.319. The molecule has 0 aliphatic heterocycles. The minimum atomic E-state index is -2.69. The van der Waals surface area contributed by atoms with Crippen LogP contribution in [0.1, 0.15) is 27.9 Å². The zero-order valence-corrected chi connectivity index (χ0v) is 18.2. The van der Waals surface area contributed by atoms with Crippen LogP contribution in [0.15, 0.2) is 28.7 Å². The zero-order valence-electron chi connectivity index (χ0n) is 18.2. The van der Waals surface area contributed by atoms with Crippen LogP contribution in [0.25, 0.3) is 4.98 Å². The highest BCUT2D eigenvalue weighted by Crippen LogP contribution is 2.53. The van der Waals surface area contributed by atoms with Crippen molar-refractivity contribution in [2.75, 3.05) is 14.1 Å². The van der Waals surface area contributed by atoms with Crippen molar-refractivity contribution in [1.82, 2.24) is 4.90 Å². The Morgan fingerprint density at radius 3 is 2.45 bits per heavy atom. The number of diazo groups is 1. The standard InChI is InChI=1S/C22H22N4O7/c1-7-4-11(25-24)9-5-8-6-10-15(26(2)3)18(29)14(21(23)32)20(31)22(10,33)19(30)12(8)17(28)13(9)16(7)27/h4,8,10,15,33H,5-6H2,1-3H3,(H4-,23,27,28,29,30,31,32)/p+1/t8?,10?,15-,22-/m0/s1. The second-order valence-corrected chi connectivity index (χ2v) is 8.98. The fraction of sp³-hybridized carbons (Fsp3) is 0.409. The Bertz CT molecular complexity index is 1260. The van der Waals surface area contributed by atoms with Crippen molar-refractivity contribution in [2.24, 2.45) is 17.6 Å². The van der Waals surface area contributed by atoms with Crippen LogP contribution in [-0.2, 0) is 16.0 Å². The summed E-state index contributed by atoms with van der Waals surface area (Å²) < 4.78 is 0. The number of hydrogen-bond acceptors (Lipinski definition) is 9. The molecule has 0 saturated carbocycles. The van der Waals surface area contributed by atoms with E-state index >= 15 is 0 Å². The second-order valence-electron chi connectivity index (χ2n) is 8.98. The van der Waals surface area contributed by atoms with Crippen molar-refractivity contribution < 1.29 is 34.8 Å². The SMILES string of the molecule is Cc1cc([N+]#N)c2c(c1O)C(=O)C1=C(O)[C@]3(O)C(=O)C(C(N)=O)=C(O)[C@@H](N(C)C)C3CC1C2. The van der Waals surface area contributed by atoms with Gasteiger partial charge in [-0.25, -0.2) is 0 Å². The molecule has 0 saturated heterocycles. The molecular weight excluding hydrogens is 432 g/mol. The number of rotatable bonds is 2. The van der Waals surface area contributed by atoms with E-state index in [9.17, 15) is 40.2 Å². The third kappa shape index (κ3) is 2.74. The number of nitrogens with zero attached hydrogens (tertiary/aromatic N) is 3. The van der Waals surface area contributed by atoms with Crippen LogP contribution in [0, 0.1) is 24.2 Å². The van der Waals surface area contributed by atoms with Crippen LogP contribution < -0.4 is 5.73 Å². The number of ketones is 2. The normalized spacial score (nSPS) is 28.9. The maximum atomic E-state index is 13.4. The molecule has 0 radical (unpaired) electrons. The highest BCUT2D eigenvalue weighted by atomic mass is 16.3. The van der Waals surface area contributed by atoms with Crippen molar-refractivity contribution in [3.63, 3.8) is 0 Å². The number of fused-ring (bicyclic) bond motifs is 3. The molecule has 0 spiro atoms. The number of phenols is 1. The van der Waals surface area contributed by atoms with Crippen molar-refractivity contribution >= 4 is 23.2 Å². The molecule has 1 aromatic carbocycles. The van der Waals surface area contributed by atoms with Crippen LogP contribution in [0.4, 0.5) is 5.69 Å². The Hall–Kier alpha value is -3.75. The van der Waals surface area contributed by atoms with E-state index in [4.69, 9.17) is 5.73 Å². The van der Waals surface area contributed by atoms with E-state index in [0.29, 0.717) is 0 Å². The number of primary amides is 1. The second kappa shape index (κ2) is 7.13. The molecule has 0 fully saturated rings. The number of allylic oxidation sites excluding steroid dienone is 1. The fourth-order valence-electron chi connectivity index (χ4n) is 5.52. The average Bonchev–Trinajstić information content (AvgIpc) is 2.72. The summed E-state index contributed by atoms with van der Waals surface area (Å²) in [5, 5.41) is 53.3. The van der Waals surface area contributed by atoms with E-state index in [2.05, 4.69) is 4.98 Å². The first-order valence-corrected chi connectivity index (χ1v) is 10.2. The molecule has 1 aromatic rings. The Morgan fingerprint density at radius 1 is 1.27 bits per heavy atom. The number of aryl methyl sites for hydroxylation is 1. The topological polar surface area (TPSA) is 190 Å². The van der Waals surface area contributed by atoms with Gasteiger partial charge in [-0.1, -0.05) is 0 Å². The number of nitrogens with two attached hydrogens (primary N) is 1. The molecule has 0 bridgehead atoms. The summed E-state index contributed by atoms with van der Waals surface area (Å²) in [7, 11) is 3.10. The Morgan fingerprint density at radius 2 is 1.91 bits per heavy atom. The molecule has 4 rings (SSSR count). The number of hydrogen-bond donors (Lipinski definition) is 5. The van der Waals surface area contributed by atoms with E-state index in [1.807, 2.05) is 0 Å². The lowest BCUT2D eigenvalue weighted by molar-refractivity contribution is -0.148. The molecule has 3 aliphatic carbocycles. The number of aromatic hydroxyl groups is 1. The van der Waals surface area contributed by atoms with Gasteiger partial charge in [-0.05, 0) is 45.3 Å². The molecule has 2 unspecified atom stereocenters. The summed E-state index contributed by atoms with van der Waals surface area (Å²) in [6, 6.07) is 0.346. The first-order valence-electron chi connectivity index (χ1n) is 10.2. The summed E-state index contributed by atoms with van der Waals surface area (Å²) in [5.74, 6) is -7.18. The molecule has 172 valence electrons. The smallest absolute Gasteiger partial charge is 0.389 e. The molecule has 33 heavy (non-hydrogen) atoms. The molecule has 6 N–H and O–H groups in total. The number of Topliss-reactive ketones (excluding diaryl/α,β-unsaturated/α-hetero) is 2. The van der Waals surface area contributed by atoms with Crippen molar-refractivity contribution in [2.45, 2.75) is 31.4 Å². The maximum absolute atomic E-state index is 13.4. The third-order valence-electron chi connectivity index (χ3n) is 7.00. The minimum absolute atomic E-state index is 0.0364. The number of carbonyl (C=O) groups is 3. The van der Waals surface area contributed by atoms with E-state index in [1.165, 1.54) is 17.9 Å². The van der Waals surface area contributed by atoms with Crippen molar-refractivity contribution in [3.8, 4) is 5.75 Å². The number of aliphatic hydroxyl groups excluding tert-OH is 2. The lowest BCUT2D eigenvalue weighted by Crippen LogP contribution is -2.63. The van der Waals surface area contributed by atoms with Gasteiger partial charge in [0.05, 0.1) is 17.2 Å². The largest absolute Gasteiger partial charge is 0.510 e. The van der Waals surface area contributed by atoms with E-state index in [0.717, 1.165) is 0 Å². The lowest BCUT2D eigenvalue weighted by atomic mass is 9.58. The van der Waals surface area contributed by atoms with Gasteiger partial charge in [-0.15, -0.1) is 0 Å². The Labute approximate surface area is 188 Å². The summed E-state index contributed by atoms with van der Waals surface area (Å²) in [5.41, 5.74) is 1.89. The zero-order chi connectivity index (χ0) is 24.6. The number of phenolic OH excluding ortho intramolecular Hbond substituents is 1. The molecule has 11 heteroatoms. The number of benzene rings is 1. The van der Waals surface area contributed by atoms with Crippen LogP contribution >= 0.6 is 0 Å². The van der Waals surface area contributed by atoms with Gasteiger partial charge in [0.2, 0.25) is 11.2 Å². The molecular formula is C22H23N4O7+. The summed E-state index contributed by atoms with van der Waals surface area (Å²) >= 11 is 0. The van der Waals surface area contributed by atoms with Gasteiger partial charge in [0.25, 0.3) is 5.91 Å². The van der Waals surface area contributed by atoms with Crippen molar-refractivity contribution in [1.29, 1.82) is 5.39 Å². The van der Waals surface area contributed by atoms with E-state index in [-0.39, 0.29) is 46.5 Å². The highest BCUT2D eigenvalue weighted by Gasteiger charge is 2.63.